The summed E-state index contributed by atoms with van der Waals surface area (Å²) >= 11 is 1.66. The molecule has 1 fully saturated rings. The molecular formula is C23H24N2O3S. The largest absolute Gasteiger partial charge is 0.489 e. The Balaban J connectivity index is 1.47. The van der Waals surface area contributed by atoms with Crippen molar-refractivity contribution in [2.24, 2.45) is 0 Å². The number of amides is 1. The molecule has 0 saturated carbocycles. The summed E-state index contributed by atoms with van der Waals surface area (Å²) in [5.74, 6) is 0.724. The van der Waals surface area contributed by atoms with Gasteiger partial charge in [0.05, 0.1) is 6.10 Å². The molecule has 1 aliphatic rings. The summed E-state index contributed by atoms with van der Waals surface area (Å²) in [6, 6.07) is 15.4. The monoisotopic (exact) mass is 408 g/mol. The van der Waals surface area contributed by atoms with Gasteiger partial charge >= 0.3 is 0 Å². The van der Waals surface area contributed by atoms with E-state index in [4.69, 9.17) is 9.47 Å². The second-order valence-electron chi connectivity index (χ2n) is 7.10. The first-order valence-corrected chi connectivity index (χ1v) is 10.8. The van der Waals surface area contributed by atoms with Crippen LogP contribution in [0.2, 0.25) is 0 Å². The molecule has 5 nitrogen and oxygen atoms in total. The van der Waals surface area contributed by atoms with E-state index in [2.05, 4.69) is 16.4 Å². The Hall–Kier alpha value is -2.70. The number of carbonyl (C=O) groups excluding carboxylic acids is 1. The van der Waals surface area contributed by atoms with Gasteiger partial charge in [-0.05, 0) is 65.1 Å². The van der Waals surface area contributed by atoms with E-state index in [1.165, 1.54) is 0 Å². The third-order valence-electron chi connectivity index (χ3n) is 4.88. The number of ether oxygens (including phenoxy) is 2. The van der Waals surface area contributed by atoms with Crippen LogP contribution in [0.15, 0.2) is 65.5 Å². The van der Waals surface area contributed by atoms with Crippen molar-refractivity contribution < 1.29 is 14.3 Å². The van der Waals surface area contributed by atoms with Crippen molar-refractivity contribution in [2.75, 3.05) is 13.2 Å². The molecule has 6 heteroatoms. The fourth-order valence-corrected chi connectivity index (χ4v) is 4.05. The van der Waals surface area contributed by atoms with Gasteiger partial charge in [0.25, 0.3) is 5.91 Å². The maximum absolute atomic E-state index is 13.1. The van der Waals surface area contributed by atoms with Crippen LogP contribution >= 0.6 is 11.3 Å². The van der Waals surface area contributed by atoms with Gasteiger partial charge in [0, 0.05) is 25.9 Å². The molecule has 1 aromatic carbocycles. The SMILES string of the molecule is O=C(c1ccccn1)N(Cc1cccc(OCc2ccsc2)c1)C[C@H]1CCCO1. The highest BCUT2D eigenvalue weighted by atomic mass is 32.1. The van der Waals surface area contributed by atoms with Gasteiger partial charge in [-0.2, -0.15) is 11.3 Å². The van der Waals surface area contributed by atoms with Crippen LogP contribution in [0, 0.1) is 0 Å². The molecule has 150 valence electrons. The maximum atomic E-state index is 13.1. The normalized spacial score (nSPS) is 15.9. The molecule has 0 bridgehead atoms. The van der Waals surface area contributed by atoms with Crippen LogP contribution in [-0.2, 0) is 17.9 Å². The van der Waals surface area contributed by atoms with Gasteiger partial charge in [0.1, 0.15) is 18.1 Å². The van der Waals surface area contributed by atoms with Crippen LogP contribution in [0.1, 0.15) is 34.5 Å². The lowest BCUT2D eigenvalue weighted by Crippen LogP contribution is -2.37. The predicted octanol–water partition coefficient (Wildman–Crippen LogP) is 4.54. The topological polar surface area (TPSA) is 51.7 Å². The van der Waals surface area contributed by atoms with Gasteiger partial charge in [0.15, 0.2) is 0 Å². The fourth-order valence-electron chi connectivity index (χ4n) is 3.40. The summed E-state index contributed by atoms with van der Waals surface area (Å²) < 4.78 is 11.7. The number of pyridine rings is 1. The van der Waals surface area contributed by atoms with Gasteiger partial charge in [0.2, 0.25) is 0 Å². The Kier molecular flexibility index (Phi) is 6.54. The standard InChI is InChI=1S/C23H24N2O3S/c26-23(22-8-1-2-10-24-22)25(15-21-7-4-11-27-21)14-18-5-3-6-20(13-18)28-16-19-9-12-29-17-19/h1-3,5-6,8-10,12-13,17,21H,4,7,11,14-16H2/t21-/m1/s1. The van der Waals surface area contributed by atoms with E-state index in [9.17, 15) is 4.79 Å². The molecule has 1 saturated heterocycles. The number of thiophene rings is 1. The third kappa shape index (κ3) is 5.43. The van der Waals surface area contributed by atoms with Crippen molar-refractivity contribution in [3.8, 4) is 5.75 Å². The lowest BCUT2D eigenvalue weighted by molar-refractivity contribution is 0.0502. The minimum absolute atomic E-state index is 0.0781. The van der Waals surface area contributed by atoms with Crippen molar-refractivity contribution in [1.29, 1.82) is 0 Å². The second-order valence-corrected chi connectivity index (χ2v) is 7.88. The molecular weight excluding hydrogens is 384 g/mol. The molecule has 4 rings (SSSR count). The number of benzene rings is 1. The van der Waals surface area contributed by atoms with Crippen molar-refractivity contribution in [3.63, 3.8) is 0 Å². The molecule has 0 radical (unpaired) electrons. The molecule has 2 aromatic heterocycles. The van der Waals surface area contributed by atoms with Gasteiger partial charge in [-0.3, -0.25) is 9.78 Å². The molecule has 1 atom stereocenters. The molecule has 3 aromatic rings. The number of hydrogen-bond acceptors (Lipinski definition) is 5. The highest BCUT2D eigenvalue weighted by Crippen LogP contribution is 2.20. The van der Waals surface area contributed by atoms with Gasteiger partial charge in [-0.25, -0.2) is 0 Å². The van der Waals surface area contributed by atoms with E-state index in [0.29, 0.717) is 25.4 Å². The lowest BCUT2D eigenvalue weighted by atomic mass is 10.1. The van der Waals surface area contributed by atoms with Gasteiger partial charge < -0.3 is 14.4 Å². The molecule has 0 spiro atoms. The quantitative estimate of drug-likeness (QED) is 0.549. The zero-order valence-corrected chi connectivity index (χ0v) is 17.0. The summed E-state index contributed by atoms with van der Waals surface area (Å²) in [6.07, 6.45) is 3.76. The average Bonchev–Trinajstić information content (AvgIpc) is 3.46. The summed E-state index contributed by atoms with van der Waals surface area (Å²) in [7, 11) is 0. The molecule has 29 heavy (non-hydrogen) atoms. The number of carbonyl (C=O) groups is 1. The molecule has 1 aliphatic heterocycles. The van der Waals surface area contributed by atoms with E-state index in [0.717, 1.165) is 36.3 Å². The minimum atomic E-state index is -0.0781. The Morgan fingerprint density at radius 3 is 2.93 bits per heavy atom. The van der Waals surface area contributed by atoms with E-state index in [-0.39, 0.29) is 12.0 Å². The average molecular weight is 409 g/mol. The predicted molar refractivity (Wildman–Crippen MR) is 113 cm³/mol. The van der Waals surface area contributed by atoms with Gasteiger partial charge in [-0.1, -0.05) is 18.2 Å². The molecule has 3 heterocycles. The highest BCUT2D eigenvalue weighted by molar-refractivity contribution is 7.07. The van der Waals surface area contributed by atoms with Crippen molar-refractivity contribution in [2.45, 2.75) is 32.1 Å². The first-order valence-electron chi connectivity index (χ1n) is 9.82. The lowest BCUT2D eigenvalue weighted by Gasteiger charge is -2.25. The Bertz CT molecular complexity index is 909. The van der Waals surface area contributed by atoms with Crippen LogP contribution in [-0.4, -0.2) is 35.0 Å². The smallest absolute Gasteiger partial charge is 0.272 e. The first-order chi connectivity index (χ1) is 14.3. The molecule has 0 aliphatic carbocycles. The van der Waals surface area contributed by atoms with Crippen LogP contribution < -0.4 is 4.74 Å². The van der Waals surface area contributed by atoms with Crippen LogP contribution in [0.3, 0.4) is 0 Å². The number of rotatable bonds is 8. The Morgan fingerprint density at radius 1 is 1.21 bits per heavy atom. The Labute approximate surface area is 174 Å². The van der Waals surface area contributed by atoms with Crippen LogP contribution in [0.5, 0.6) is 5.75 Å². The van der Waals surface area contributed by atoms with E-state index in [1.54, 1.807) is 23.6 Å². The molecule has 1 amide bonds. The third-order valence-corrected chi connectivity index (χ3v) is 5.61. The molecule has 0 unspecified atom stereocenters. The number of aromatic nitrogens is 1. The van der Waals surface area contributed by atoms with Crippen LogP contribution in [0.25, 0.3) is 0 Å². The van der Waals surface area contributed by atoms with Gasteiger partial charge in [-0.15, -0.1) is 0 Å². The fraction of sp³-hybridized carbons (Fsp3) is 0.304. The summed E-state index contributed by atoms with van der Waals surface area (Å²) in [6.45, 7) is 2.36. The van der Waals surface area contributed by atoms with Crippen molar-refractivity contribution in [3.05, 3.63) is 82.3 Å². The minimum Gasteiger partial charge on any atom is -0.489 e. The zero-order valence-electron chi connectivity index (χ0n) is 16.2. The summed E-state index contributed by atoms with van der Waals surface area (Å²) in [5, 5.41) is 4.13. The summed E-state index contributed by atoms with van der Waals surface area (Å²) in [5.41, 5.74) is 2.64. The summed E-state index contributed by atoms with van der Waals surface area (Å²) in [4.78, 5) is 19.1. The van der Waals surface area contributed by atoms with Crippen molar-refractivity contribution >= 4 is 17.2 Å². The zero-order chi connectivity index (χ0) is 19.9. The van der Waals surface area contributed by atoms with Crippen LogP contribution in [0.4, 0.5) is 0 Å². The number of hydrogen-bond donors (Lipinski definition) is 0. The maximum Gasteiger partial charge on any atom is 0.272 e. The number of nitrogens with zero attached hydrogens (tertiary/aromatic N) is 2. The highest BCUT2D eigenvalue weighted by Gasteiger charge is 2.24. The molecule has 0 N–H and O–H groups in total. The van der Waals surface area contributed by atoms with E-state index in [1.807, 2.05) is 46.7 Å². The second kappa shape index (κ2) is 9.67. The Morgan fingerprint density at radius 2 is 2.17 bits per heavy atom. The van der Waals surface area contributed by atoms with E-state index >= 15 is 0 Å². The van der Waals surface area contributed by atoms with Crippen molar-refractivity contribution in [1.82, 2.24) is 9.88 Å². The first kappa shape index (κ1) is 19.6. The van der Waals surface area contributed by atoms with E-state index < -0.39 is 0 Å².